The molecule has 17 heavy (non-hydrogen) atoms. The van der Waals surface area contributed by atoms with E-state index in [4.69, 9.17) is 10.6 Å². The van der Waals surface area contributed by atoms with Crippen molar-refractivity contribution in [2.45, 2.75) is 0 Å². The van der Waals surface area contributed by atoms with Gasteiger partial charge in [-0.05, 0) is 34.1 Å². The molecular weight excluding hydrogens is 352 g/mol. The zero-order valence-corrected chi connectivity index (χ0v) is 11.7. The third-order valence-electron chi connectivity index (χ3n) is 1.90. The zero-order chi connectivity index (χ0) is 12.3. The Kier molecular flexibility index (Phi) is 3.93. The molecule has 3 N–H and O–H groups in total. The van der Waals surface area contributed by atoms with Gasteiger partial charge in [0, 0.05) is 10.5 Å². The van der Waals surface area contributed by atoms with Gasteiger partial charge in [-0.15, -0.1) is 0 Å². The number of hydrogen-bond acceptors (Lipinski definition) is 5. The van der Waals surface area contributed by atoms with Crippen molar-refractivity contribution in [3.8, 4) is 11.6 Å². The lowest BCUT2D eigenvalue weighted by atomic mass is 10.3. The molecule has 0 atom stereocenters. The van der Waals surface area contributed by atoms with Gasteiger partial charge in [0.1, 0.15) is 17.9 Å². The van der Waals surface area contributed by atoms with Gasteiger partial charge in [-0.2, -0.15) is 0 Å². The highest BCUT2D eigenvalue weighted by Crippen LogP contribution is 2.31. The molecule has 2 rings (SSSR count). The highest BCUT2D eigenvalue weighted by molar-refractivity contribution is 9.11. The molecule has 0 spiro atoms. The molecule has 88 valence electrons. The molecule has 1 aromatic heterocycles. The van der Waals surface area contributed by atoms with Crippen molar-refractivity contribution in [2.24, 2.45) is 5.84 Å². The Morgan fingerprint density at radius 1 is 1.18 bits per heavy atom. The van der Waals surface area contributed by atoms with Crippen LogP contribution in [0.15, 0.2) is 39.5 Å². The summed E-state index contributed by atoms with van der Waals surface area (Å²) in [6.07, 6.45) is 1.37. The molecule has 7 heteroatoms. The Morgan fingerprint density at radius 3 is 2.71 bits per heavy atom. The standard InChI is InChI=1S/C10H8Br2N4O/c11-6-1-2-8(7(12)3-6)17-10-4-9(16-13)14-5-15-10/h1-5H,13H2,(H,14,15,16). The Balaban J connectivity index is 2.25. The number of benzene rings is 1. The topological polar surface area (TPSA) is 73.1 Å². The van der Waals surface area contributed by atoms with E-state index >= 15 is 0 Å². The average Bonchev–Trinajstić information content (AvgIpc) is 2.33. The van der Waals surface area contributed by atoms with Gasteiger partial charge in [0.15, 0.2) is 0 Å². The summed E-state index contributed by atoms with van der Waals surface area (Å²) in [7, 11) is 0. The molecule has 0 aliphatic rings. The van der Waals surface area contributed by atoms with E-state index in [0.29, 0.717) is 17.4 Å². The fourth-order valence-electron chi connectivity index (χ4n) is 1.14. The van der Waals surface area contributed by atoms with Gasteiger partial charge in [-0.3, -0.25) is 0 Å². The van der Waals surface area contributed by atoms with Crippen LogP contribution in [0.25, 0.3) is 0 Å². The van der Waals surface area contributed by atoms with Crippen molar-refractivity contribution in [2.75, 3.05) is 5.43 Å². The SMILES string of the molecule is NNc1cc(Oc2ccc(Br)cc2Br)ncn1. The number of rotatable bonds is 3. The van der Waals surface area contributed by atoms with Crippen LogP contribution < -0.4 is 16.0 Å². The first-order valence-corrected chi connectivity index (χ1v) is 6.19. The molecule has 0 unspecified atom stereocenters. The van der Waals surface area contributed by atoms with Crippen molar-refractivity contribution in [1.29, 1.82) is 0 Å². The van der Waals surface area contributed by atoms with Gasteiger partial charge in [-0.1, -0.05) is 15.9 Å². The molecule has 0 saturated heterocycles. The molecule has 0 radical (unpaired) electrons. The van der Waals surface area contributed by atoms with Crippen molar-refractivity contribution in [3.63, 3.8) is 0 Å². The molecular formula is C10H8Br2N4O. The fourth-order valence-corrected chi connectivity index (χ4v) is 2.27. The first-order valence-electron chi connectivity index (χ1n) is 4.60. The number of nitrogens with zero attached hydrogens (tertiary/aromatic N) is 2. The first-order chi connectivity index (χ1) is 8.19. The number of nitrogens with two attached hydrogens (primary N) is 1. The number of nitrogen functional groups attached to an aromatic ring is 1. The first kappa shape index (κ1) is 12.3. The monoisotopic (exact) mass is 358 g/mol. The van der Waals surface area contributed by atoms with Gasteiger partial charge in [0.25, 0.3) is 0 Å². The van der Waals surface area contributed by atoms with E-state index in [0.717, 1.165) is 8.95 Å². The second kappa shape index (κ2) is 5.44. The zero-order valence-electron chi connectivity index (χ0n) is 8.52. The number of hydrogen-bond donors (Lipinski definition) is 2. The largest absolute Gasteiger partial charge is 0.438 e. The molecule has 0 aliphatic carbocycles. The summed E-state index contributed by atoms with van der Waals surface area (Å²) in [5.74, 6) is 6.81. The van der Waals surface area contributed by atoms with Crippen molar-refractivity contribution in [1.82, 2.24) is 9.97 Å². The van der Waals surface area contributed by atoms with E-state index < -0.39 is 0 Å². The minimum Gasteiger partial charge on any atom is -0.438 e. The number of aromatic nitrogens is 2. The quantitative estimate of drug-likeness (QED) is 0.650. The smallest absolute Gasteiger partial charge is 0.224 e. The lowest BCUT2D eigenvalue weighted by molar-refractivity contribution is 0.459. The third-order valence-corrected chi connectivity index (χ3v) is 3.01. The summed E-state index contributed by atoms with van der Waals surface area (Å²) < 4.78 is 7.38. The maximum Gasteiger partial charge on any atom is 0.224 e. The van der Waals surface area contributed by atoms with E-state index in [9.17, 15) is 0 Å². The highest BCUT2D eigenvalue weighted by atomic mass is 79.9. The summed E-state index contributed by atoms with van der Waals surface area (Å²) in [5, 5.41) is 0. The Bertz CT molecular complexity index is 535. The van der Waals surface area contributed by atoms with Crippen LogP contribution in [-0.2, 0) is 0 Å². The summed E-state index contributed by atoms with van der Waals surface area (Å²) in [6.45, 7) is 0. The molecule has 2 aromatic rings. The van der Waals surface area contributed by atoms with E-state index in [1.165, 1.54) is 6.33 Å². The van der Waals surface area contributed by atoms with Crippen LogP contribution in [0.2, 0.25) is 0 Å². The molecule has 0 fully saturated rings. The third kappa shape index (κ3) is 3.15. The number of anilines is 1. The van der Waals surface area contributed by atoms with Crippen LogP contribution in [0, 0.1) is 0 Å². The second-order valence-electron chi connectivity index (χ2n) is 3.06. The normalized spacial score (nSPS) is 10.1. The van der Waals surface area contributed by atoms with Crippen LogP contribution in [0.4, 0.5) is 5.82 Å². The van der Waals surface area contributed by atoms with Crippen molar-refractivity contribution < 1.29 is 4.74 Å². The van der Waals surface area contributed by atoms with E-state index in [2.05, 4.69) is 47.3 Å². The Morgan fingerprint density at radius 2 is 2.00 bits per heavy atom. The minimum absolute atomic E-state index is 0.413. The lowest BCUT2D eigenvalue weighted by Gasteiger charge is -2.07. The van der Waals surface area contributed by atoms with Gasteiger partial charge in [0.2, 0.25) is 5.88 Å². The van der Waals surface area contributed by atoms with Crippen LogP contribution in [0.3, 0.4) is 0 Å². The number of hydrazine groups is 1. The molecule has 1 aromatic carbocycles. The van der Waals surface area contributed by atoms with Crippen LogP contribution >= 0.6 is 31.9 Å². The van der Waals surface area contributed by atoms with Crippen LogP contribution in [-0.4, -0.2) is 9.97 Å². The summed E-state index contributed by atoms with van der Waals surface area (Å²) >= 11 is 6.77. The molecule has 0 aliphatic heterocycles. The Labute approximate surface area is 115 Å². The lowest BCUT2D eigenvalue weighted by Crippen LogP contribution is -2.08. The highest BCUT2D eigenvalue weighted by Gasteiger charge is 2.05. The predicted octanol–water partition coefficient (Wildman–Crippen LogP) is 3.08. The van der Waals surface area contributed by atoms with E-state index in [1.807, 2.05) is 18.2 Å². The molecule has 5 nitrogen and oxygen atoms in total. The van der Waals surface area contributed by atoms with E-state index in [1.54, 1.807) is 6.07 Å². The molecule has 0 amide bonds. The van der Waals surface area contributed by atoms with Crippen LogP contribution in [0.5, 0.6) is 11.6 Å². The minimum atomic E-state index is 0.413. The average molecular weight is 360 g/mol. The van der Waals surface area contributed by atoms with Gasteiger partial charge < -0.3 is 10.2 Å². The van der Waals surface area contributed by atoms with Gasteiger partial charge in [-0.25, -0.2) is 15.8 Å². The summed E-state index contributed by atoms with van der Waals surface area (Å²) in [6, 6.07) is 7.20. The molecule has 1 heterocycles. The number of ether oxygens (including phenoxy) is 1. The maximum atomic E-state index is 5.59. The fraction of sp³-hybridized carbons (Fsp3) is 0. The van der Waals surface area contributed by atoms with E-state index in [-0.39, 0.29) is 0 Å². The van der Waals surface area contributed by atoms with Crippen molar-refractivity contribution in [3.05, 3.63) is 39.5 Å². The maximum absolute atomic E-state index is 5.59. The summed E-state index contributed by atoms with van der Waals surface area (Å²) in [4.78, 5) is 7.87. The Hall–Kier alpha value is -1.18. The molecule has 0 bridgehead atoms. The second-order valence-corrected chi connectivity index (χ2v) is 4.83. The van der Waals surface area contributed by atoms with Gasteiger partial charge in [0.05, 0.1) is 4.47 Å². The predicted molar refractivity (Wildman–Crippen MR) is 71.8 cm³/mol. The number of halogens is 2. The summed E-state index contributed by atoms with van der Waals surface area (Å²) in [5.41, 5.74) is 2.43. The van der Waals surface area contributed by atoms with Crippen molar-refractivity contribution >= 4 is 37.7 Å². The number of nitrogens with one attached hydrogen (secondary N) is 1. The molecule has 0 saturated carbocycles. The van der Waals surface area contributed by atoms with Crippen LogP contribution in [0.1, 0.15) is 0 Å². The van der Waals surface area contributed by atoms with Gasteiger partial charge >= 0.3 is 0 Å².